The van der Waals surface area contributed by atoms with Gasteiger partial charge in [0.1, 0.15) is 11.5 Å². The van der Waals surface area contributed by atoms with Gasteiger partial charge in [-0.1, -0.05) is 61.4 Å². The molecule has 0 bridgehead atoms. The summed E-state index contributed by atoms with van der Waals surface area (Å²) in [5.41, 5.74) is 8.08. The molecule has 3 rings (SSSR count). The molecule has 1 saturated carbocycles. The summed E-state index contributed by atoms with van der Waals surface area (Å²) >= 11 is 0. The van der Waals surface area contributed by atoms with Crippen LogP contribution in [0.4, 0.5) is 0 Å². The molecular weight excluding hydrogens is 363 g/mol. The zero-order valence-electron chi connectivity index (χ0n) is 15.1. The fourth-order valence-corrected chi connectivity index (χ4v) is 6.07. The van der Waals surface area contributed by atoms with Gasteiger partial charge in [-0.15, -0.1) is 5.48 Å². The van der Waals surface area contributed by atoms with Gasteiger partial charge in [0, 0.05) is 6.16 Å². The van der Waals surface area contributed by atoms with E-state index in [0.717, 1.165) is 12.8 Å². The number of hydrogen-bond acceptors (Lipinski definition) is 4. The zero-order valence-corrected chi connectivity index (χ0v) is 16.0. The van der Waals surface area contributed by atoms with Crippen LogP contribution in [-0.2, 0) is 9.36 Å². The minimum atomic E-state index is -3.87. The largest absolute Gasteiger partial charge is 0.408 e. The SMILES string of the molecule is NC(=O)C1(CP(=O)(O)C(NOc2ccccc2)c2ccccc2)CCCC1. The third-order valence-corrected chi connectivity index (χ3v) is 7.43. The Bertz CT molecular complexity index is 807. The van der Waals surface area contributed by atoms with Crippen LogP contribution >= 0.6 is 7.37 Å². The first kappa shape index (κ1) is 19.6. The van der Waals surface area contributed by atoms with Crippen molar-refractivity contribution in [3.8, 4) is 5.75 Å². The number of hydroxylamine groups is 1. The minimum absolute atomic E-state index is 0.153. The Hall–Kier alpha value is -2.14. The Balaban J connectivity index is 1.86. The Morgan fingerprint density at radius 3 is 2.22 bits per heavy atom. The van der Waals surface area contributed by atoms with Gasteiger partial charge in [-0.2, -0.15) is 0 Å². The van der Waals surface area contributed by atoms with Crippen molar-refractivity contribution < 1.29 is 19.1 Å². The maximum atomic E-state index is 13.4. The first-order valence-corrected chi connectivity index (χ1v) is 11.0. The predicted molar refractivity (Wildman–Crippen MR) is 104 cm³/mol. The van der Waals surface area contributed by atoms with Crippen LogP contribution in [0.15, 0.2) is 60.7 Å². The molecule has 0 aliphatic heterocycles. The molecule has 6 nitrogen and oxygen atoms in total. The van der Waals surface area contributed by atoms with Gasteiger partial charge in [0.15, 0.2) is 0 Å². The summed E-state index contributed by atoms with van der Waals surface area (Å²) in [5.74, 6) is -0.926. The lowest BCUT2D eigenvalue weighted by Crippen LogP contribution is -2.39. The van der Waals surface area contributed by atoms with E-state index in [1.165, 1.54) is 0 Å². The molecule has 1 fully saturated rings. The van der Waals surface area contributed by atoms with Crippen molar-refractivity contribution in [1.29, 1.82) is 0 Å². The fourth-order valence-electron chi connectivity index (χ4n) is 3.69. The Morgan fingerprint density at radius 1 is 1.11 bits per heavy atom. The molecule has 27 heavy (non-hydrogen) atoms. The molecule has 1 aliphatic rings. The molecule has 4 N–H and O–H groups in total. The monoisotopic (exact) mass is 388 g/mol. The minimum Gasteiger partial charge on any atom is -0.408 e. The van der Waals surface area contributed by atoms with E-state index in [9.17, 15) is 14.3 Å². The lowest BCUT2D eigenvalue weighted by Gasteiger charge is -2.32. The molecule has 2 aromatic rings. The molecular formula is C20H25N2O4P. The maximum Gasteiger partial charge on any atom is 0.225 e. The number of carbonyl (C=O) groups excluding carboxylic acids is 1. The predicted octanol–water partition coefficient (Wildman–Crippen LogP) is 3.58. The van der Waals surface area contributed by atoms with E-state index < -0.39 is 24.5 Å². The average molecular weight is 388 g/mol. The molecule has 2 aromatic carbocycles. The summed E-state index contributed by atoms with van der Waals surface area (Å²) in [4.78, 5) is 28.6. The number of nitrogens with two attached hydrogens (primary N) is 1. The Kier molecular flexibility index (Phi) is 6.00. The molecule has 0 spiro atoms. The van der Waals surface area contributed by atoms with Gasteiger partial charge in [0.2, 0.25) is 13.3 Å². The summed E-state index contributed by atoms with van der Waals surface area (Å²) in [6.07, 6.45) is 2.63. The summed E-state index contributed by atoms with van der Waals surface area (Å²) in [6, 6.07) is 17.9. The van der Waals surface area contributed by atoms with Crippen LogP contribution in [0, 0.1) is 5.41 Å². The normalized spacial score (nSPS) is 19.1. The number of amides is 1. The van der Waals surface area contributed by atoms with Crippen molar-refractivity contribution in [2.75, 3.05) is 6.16 Å². The van der Waals surface area contributed by atoms with Gasteiger partial charge in [-0.25, -0.2) is 0 Å². The van der Waals surface area contributed by atoms with Crippen LogP contribution < -0.4 is 16.1 Å². The maximum absolute atomic E-state index is 13.4. The van der Waals surface area contributed by atoms with E-state index in [2.05, 4.69) is 5.48 Å². The number of nitrogens with one attached hydrogen (secondary N) is 1. The van der Waals surface area contributed by atoms with Crippen molar-refractivity contribution in [3.63, 3.8) is 0 Å². The highest BCUT2D eigenvalue weighted by molar-refractivity contribution is 7.58. The third-order valence-electron chi connectivity index (χ3n) is 5.16. The van der Waals surface area contributed by atoms with Crippen LogP contribution in [0.25, 0.3) is 0 Å². The Labute approximate surface area is 159 Å². The fraction of sp³-hybridized carbons (Fsp3) is 0.350. The highest BCUT2D eigenvalue weighted by atomic mass is 31.2. The first-order chi connectivity index (χ1) is 12.9. The number of rotatable bonds is 8. The van der Waals surface area contributed by atoms with E-state index in [4.69, 9.17) is 10.6 Å². The zero-order chi connectivity index (χ0) is 19.3. The molecule has 1 aliphatic carbocycles. The van der Waals surface area contributed by atoms with Crippen molar-refractivity contribution >= 4 is 13.3 Å². The van der Waals surface area contributed by atoms with Crippen LogP contribution in [0.2, 0.25) is 0 Å². The van der Waals surface area contributed by atoms with Gasteiger partial charge in [-0.05, 0) is 30.5 Å². The van der Waals surface area contributed by atoms with Crippen molar-refractivity contribution in [2.45, 2.75) is 31.5 Å². The highest BCUT2D eigenvalue weighted by Crippen LogP contribution is 2.60. The number of para-hydroxylation sites is 1. The number of carbonyl (C=O) groups is 1. The molecule has 144 valence electrons. The van der Waals surface area contributed by atoms with Gasteiger partial charge in [-0.3, -0.25) is 9.36 Å². The van der Waals surface area contributed by atoms with E-state index in [-0.39, 0.29) is 6.16 Å². The lowest BCUT2D eigenvalue weighted by atomic mass is 9.88. The van der Waals surface area contributed by atoms with Gasteiger partial charge >= 0.3 is 0 Å². The van der Waals surface area contributed by atoms with Crippen LogP contribution in [0.3, 0.4) is 0 Å². The number of benzene rings is 2. The summed E-state index contributed by atoms with van der Waals surface area (Å²) in [5, 5.41) is 0. The molecule has 0 radical (unpaired) electrons. The summed E-state index contributed by atoms with van der Waals surface area (Å²) in [7, 11) is -3.87. The molecule has 0 aromatic heterocycles. The molecule has 2 unspecified atom stereocenters. The quantitative estimate of drug-likeness (QED) is 0.474. The molecule has 7 heteroatoms. The molecule has 0 heterocycles. The van der Waals surface area contributed by atoms with E-state index in [1.807, 2.05) is 24.3 Å². The topological polar surface area (TPSA) is 102 Å². The Morgan fingerprint density at radius 2 is 1.67 bits per heavy atom. The average Bonchev–Trinajstić information content (AvgIpc) is 3.13. The molecule has 1 amide bonds. The molecule has 2 atom stereocenters. The number of primary amides is 1. The first-order valence-electron chi connectivity index (χ1n) is 9.07. The molecule has 0 saturated heterocycles. The van der Waals surface area contributed by atoms with Crippen molar-refractivity contribution in [1.82, 2.24) is 5.48 Å². The van der Waals surface area contributed by atoms with E-state index in [0.29, 0.717) is 24.2 Å². The highest BCUT2D eigenvalue weighted by Gasteiger charge is 2.47. The van der Waals surface area contributed by atoms with Crippen molar-refractivity contribution in [2.24, 2.45) is 11.1 Å². The van der Waals surface area contributed by atoms with Gasteiger partial charge in [0.25, 0.3) is 0 Å². The standard InChI is InChI=1S/C20H25N2O4P/c21-19(23)20(13-7-8-14-20)15-27(24,25)18(16-9-3-1-4-10-16)22-26-17-11-5-2-6-12-17/h1-6,9-12,18,22H,7-8,13-15H2,(H2,21,23)(H,24,25). The second-order valence-electron chi connectivity index (χ2n) is 7.11. The van der Waals surface area contributed by atoms with Crippen molar-refractivity contribution in [3.05, 3.63) is 66.2 Å². The van der Waals surface area contributed by atoms with Gasteiger partial charge in [0.05, 0.1) is 5.41 Å². The van der Waals surface area contributed by atoms with Gasteiger partial charge < -0.3 is 15.5 Å². The second kappa shape index (κ2) is 8.26. The lowest BCUT2D eigenvalue weighted by molar-refractivity contribution is -0.126. The van der Waals surface area contributed by atoms with Crippen LogP contribution in [-0.4, -0.2) is 17.0 Å². The second-order valence-corrected chi connectivity index (χ2v) is 9.46. The summed E-state index contributed by atoms with van der Waals surface area (Å²) in [6.45, 7) is 0. The van der Waals surface area contributed by atoms with Crippen LogP contribution in [0.5, 0.6) is 5.75 Å². The van der Waals surface area contributed by atoms with E-state index in [1.54, 1.807) is 36.4 Å². The van der Waals surface area contributed by atoms with Crippen LogP contribution in [0.1, 0.15) is 37.0 Å². The smallest absolute Gasteiger partial charge is 0.225 e. The van der Waals surface area contributed by atoms with E-state index >= 15 is 0 Å². The summed E-state index contributed by atoms with van der Waals surface area (Å²) < 4.78 is 13.4. The third kappa shape index (κ3) is 4.59. The number of hydrogen-bond donors (Lipinski definition) is 3.